The van der Waals surface area contributed by atoms with Crippen molar-refractivity contribution in [1.29, 1.82) is 0 Å². The summed E-state index contributed by atoms with van der Waals surface area (Å²) in [5.41, 5.74) is 9.83. The summed E-state index contributed by atoms with van der Waals surface area (Å²) in [5, 5.41) is 9.40. The van der Waals surface area contributed by atoms with Gasteiger partial charge in [-0.2, -0.15) is 13.2 Å². The van der Waals surface area contributed by atoms with Crippen LogP contribution in [-0.4, -0.2) is 11.3 Å². The fourth-order valence-corrected chi connectivity index (χ4v) is 1.46. The molecule has 0 aromatic heterocycles. The van der Waals surface area contributed by atoms with E-state index in [9.17, 15) is 18.3 Å². The second-order valence-corrected chi connectivity index (χ2v) is 4.08. The van der Waals surface area contributed by atoms with Gasteiger partial charge in [-0.05, 0) is 28.7 Å². The first kappa shape index (κ1) is 12.4. The summed E-state index contributed by atoms with van der Waals surface area (Å²) in [6, 6.07) is 0.263. The first-order valence-electron chi connectivity index (χ1n) is 3.84. The maximum atomic E-state index is 12.3. The van der Waals surface area contributed by atoms with Gasteiger partial charge in [0.25, 0.3) is 0 Å². The molecule has 0 amide bonds. The summed E-state index contributed by atoms with van der Waals surface area (Å²) in [7, 11) is 0. The Morgan fingerprint density at radius 1 is 1.33 bits per heavy atom. The average Bonchev–Trinajstić information content (AvgIpc) is 2.12. The number of hydrogen-bond donors (Lipinski definition) is 3. The number of aromatic hydroxyl groups is 1. The highest BCUT2D eigenvalue weighted by molar-refractivity contribution is 14.1. The van der Waals surface area contributed by atoms with Gasteiger partial charge in [0.1, 0.15) is 11.8 Å². The van der Waals surface area contributed by atoms with Gasteiger partial charge >= 0.3 is 6.18 Å². The number of rotatable bonds is 1. The SMILES string of the molecule is Nc1c(I)ccc([C@@H](N)C(F)(F)F)c1O. The lowest BCUT2D eigenvalue weighted by molar-refractivity contribution is -0.149. The van der Waals surface area contributed by atoms with Crippen LogP contribution in [0, 0.1) is 3.57 Å². The molecule has 7 heteroatoms. The van der Waals surface area contributed by atoms with Gasteiger partial charge in [-0.15, -0.1) is 0 Å². The number of alkyl halides is 3. The van der Waals surface area contributed by atoms with Gasteiger partial charge in [0.2, 0.25) is 0 Å². The molecule has 1 aromatic rings. The second kappa shape index (κ2) is 4.05. The van der Waals surface area contributed by atoms with E-state index in [0.717, 1.165) is 6.07 Å². The normalized spacial score (nSPS) is 13.9. The molecule has 0 aliphatic rings. The summed E-state index contributed by atoms with van der Waals surface area (Å²) in [6.07, 6.45) is -4.60. The van der Waals surface area contributed by atoms with Gasteiger partial charge < -0.3 is 16.6 Å². The molecule has 0 aliphatic heterocycles. The topological polar surface area (TPSA) is 72.3 Å². The lowest BCUT2D eigenvalue weighted by atomic mass is 10.1. The maximum absolute atomic E-state index is 12.3. The Morgan fingerprint density at radius 3 is 2.33 bits per heavy atom. The van der Waals surface area contributed by atoms with Crippen LogP contribution < -0.4 is 11.5 Å². The number of halogens is 4. The van der Waals surface area contributed by atoms with Crippen LogP contribution in [0.3, 0.4) is 0 Å². The van der Waals surface area contributed by atoms with Crippen LogP contribution in [0.5, 0.6) is 5.75 Å². The Hall–Kier alpha value is -0.700. The zero-order valence-corrected chi connectivity index (χ0v) is 9.50. The van der Waals surface area contributed by atoms with Crippen LogP contribution in [0.1, 0.15) is 11.6 Å². The smallest absolute Gasteiger partial charge is 0.407 e. The molecule has 0 saturated carbocycles. The highest BCUT2D eigenvalue weighted by atomic mass is 127. The van der Waals surface area contributed by atoms with E-state index in [-0.39, 0.29) is 5.69 Å². The van der Waals surface area contributed by atoms with E-state index < -0.39 is 23.5 Å². The Morgan fingerprint density at radius 2 is 1.87 bits per heavy atom. The van der Waals surface area contributed by atoms with Crippen molar-refractivity contribution in [2.24, 2.45) is 5.73 Å². The fraction of sp³-hybridized carbons (Fsp3) is 0.250. The van der Waals surface area contributed by atoms with E-state index in [1.165, 1.54) is 6.07 Å². The monoisotopic (exact) mass is 332 g/mol. The summed E-state index contributed by atoms with van der Waals surface area (Å²) in [5.74, 6) is -0.605. The molecular formula is C8H8F3IN2O. The molecule has 5 N–H and O–H groups in total. The minimum atomic E-state index is -4.60. The van der Waals surface area contributed by atoms with Gasteiger partial charge in [0.15, 0.2) is 0 Å². The largest absolute Gasteiger partial charge is 0.505 e. The number of nitrogen functional groups attached to an aromatic ring is 1. The molecule has 84 valence electrons. The van der Waals surface area contributed by atoms with E-state index in [2.05, 4.69) is 0 Å². The molecule has 0 spiro atoms. The second-order valence-electron chi connectivity index (χ2n) is 2.92. The number of benzene rings is 1. The van der Waals surface area contributed by atoms with E-state index in [1.54, 1.807) is 22.6 Å². The molecule has 0 unspecified atom stereocenters. The minimum Gasteiger partial charge on any atom is -0.505 e. The Kier molecular flexibility index (Phi) is 3.34. The molecule has 15 heavy (non-hydrogen) atoms. The zero-order chi connectivity index (χ0) is 11.8. The predicted molar refractivity (Wildman–Crippen MR) is 58.2 cm³/mol. The summed E-state index contributed by atoms with van der Waals surface area (Å²) < 4.78 is 37.3. The maximum Gasteiger partial charge on any atom is 0.407 e. The lowest BCUT2D eigenvalue weighted by Gasteiger charge is -2.18. The van der Waals surface area contributed by atoms with Crippen molar-refractivity contribution in [3.8, 4) is 5.75 Å². The number of hydrogen-bond acceptors (Lipinski definition) is 3. The van der Waals surface area contributed by atoms with Gasteiger partial charge in [0, 0.05) is 9.13 Å². The fourth-order valence-electron chi connectivity index (χ4n) is 1.03. The van der Waals surface area contributed by atoms with E-state index in [4.69, 9.17) is 11.5 Å². The quantitative estimate of drug-likeness (QED) is 0.419. The molecule has 3 nitrogen and oxygen atoms in total. The highest BCUT2D eigenvalue weighted by Crippen LogP contribution is 2.38. The minimum absolute atomic E-state index is 0.0900. The van der Waals surface area contributed by atoms with Crippen molar-refractivity contribution in [3.05, 3.63) is 21.3 Å². The third-order valence-corrected chi connectivity index (χ3v) is 2.82. The molecule has 1 atom stereocenters. The van der Waals surface area contributed by atoms with Crippen LogP contribution in [0.15, 0.2) is 12.1 Å². The summed E-state index contributed by atoms with van der Waals surface area (Å²) >= 11 is 1.80. The molecule has 1 rings (SSSR count). The molecule has 1 aromatic carbocycles. The third-order valence-electron chi connectivity index (χ3n) is 1.88. The molecule has 0 bridgehead atoms. The molecule has 0 radical (unpaired) electrons. The van der Waals surface area contributed by atoms with Crippen molar-refractivity contribution < 1.29 is 18.3 Å². The Bertz CT molecular complexity index is 381. The van der Waals surface area contributed by atoms with Crippen LogP contribution in [0.25, 0.3) is 0 Å². The van der Waals surface area contributed by atoms with E-state index >= 15 is 0 Å². The molecule has 0 saturated heterocycles. The van der Waals surface area contributed by atoms with Crippen LogP contribution in [-0.2, 0) is 0 Å². The van der Waals surface area contributed by atoms with Crippen molar-refractivity contribution >= 4 is 28.3 Å². The van der Waals surface area contributed by atoms with E-state index in [0.29, 0.717) is 3.57 Å². The van der Waals surface area contributed by atoms with Crippen molar-refractivity contribution in [1.82, 2.24) is 0 Å². The Labute approximate surface area is 97.4 Å². The molecular weight excluding hydrogens is 324 g/mol. The third kappa shape index (κ3) is 2.46. The zero-order valence-electron chi connectivity index (χ0n) is 7.35. The Balaban J connectivity index is 3.23. The number of phenols is 1. The molecule has 0 fully saturated rings. The highest BCUT2D eigenvalue weighted by Gasteiger charge is 2.39. The first-order chi connectivity index (χ1) is 6.75. The van der Waals surface area contributed by atoms with Crippen molar-refractivity contribution in [3.63, 3.8) is 0 Å². The van der Waals surface area contributed by atoms with Crippen molar-refractivity contribution in [2.45, 2.75) is 12.2 Å². The van der Waals surface area contributed by atoms with Gasteiger partial charge in [-0.25, -0.2) is 0 Å². The van der Waals surface area contributed by atoms with E-state index in [1.807, 2.05) is 0 Å². The molecule has 0 aliphatic carbocycles. The summed E-state index contributed by atoms with van der Waals surface area (Å²) in [6.45, 7) is 0. The lowest BCUT2D eigenvalue weighted by Crippen LogP contribution is -2.28. The van der Waals surface area contributed by atoms with Gasteiger partial charge in [-0.1, -0.05) is 6.07 Å². The summed E-state index contributed by atoms with van der Waals surface area (Å²) in [4.78, 5) is 0. The van der Waals surface area contributed by atoms with Gasteiger partial charge in [0.05, 0.1) is 5.69 Å². The predicted octanol–water partition coefficient (Wildman–Crippen LogP) is 2.14. The number of phenolic OH excluding ortho intramolecular Hbond substituents is 1. The molecule has 0 heterocycles. The number of anilines is 1. The average molecular weight is 332 g/mol. The standard InChI is InChI=1S/C8H8F3IN2O/c9-8(10,11)7(14)3-1-2-4(12)5(13)6(3)15/h1-2,7,15H,13-14H2/t7-/m1/s1. The first-order valence-corrected chi connectivity index (χ1v) is 4.92. The van der Waals surface area contributed by atoms with Crippen LogP contribution >= 0.6 is 22.6 Å². The van der Waals surface area contributed by atoms with Crippen LogP contribution in [0.4, 0.5) is 18.9 Å². The van der Waals surface area contributed by atoms with Gasteiger partial charge in [-0.3, -0.25) is 0 Å². The van der Waals surface area contributed by atoms with Crippen LogP contribution in [0.2, 0.25) is 0 Å². The number of nitrogens with two attached hydrogens (primary N) is 2. The van der Waals surface area contributed by atoms with Crippen molar-refractivity contribution in [2.75, 3.05) is 5.73 Å².